The zero-order valence-electron chi connectivity index (χ0n) is 12.4. The Morgan fingerprint density at radius 3 is 2.59 bits per heavy atom. The number of carbonyl (C=O) groups excluding carboxylic acids is 1. The van der Waals surface area contributed by atoms with Gasteiger partial charge in [0.05, 0.1) is 6.61 Å². The molecule has 3 aromatic carbocycles. The summed E-state index contributed by atoms with van der Waals surface area (Å²) in [6.45, 7) is 0.527. The standard InChI is InChI=1S/C19H17NO2/c1-22-13-14-5-4-8-18(11-14)20-19(21)17-10-9-15-6-2-3-7-16(15)12-17/h2-12H,13H2,1H3,(H,20,21). The van der Waals surface area contributed by atoms with Crippen molar-refractivity contribution in [1.29, 1.82) is 0 Å². The summed E-state index contributed by atoms with van der Waals surface area (Å²) >= 11 is 0. The van der Waals surface area contributed by atoms with Crippen molar-refractivity contribution in [3.63, 3.8) is 0 Å². The molecular weight excluding hydrogens is 274 g/mol. The first kappa shape index (κ1) is 14.3. The molecule has 3 heteroatoms. The van der Waals surface area contributed by atoms with E-state index in [1.165, 1.54) is 0 Å². The van der Waals surface area contributed by atoms with Gasteiger partial charge in [-0.25, -0.2) is 0 Å². The summed E-state index contributed by atoms with van der Waals surface area (Å²) in [5, 5.41) is 5.11. The highest BCUT2D eigenvalue weighted by Gasteiger charge is 2.07. The van der Waals surface area contributed by atoms with Crippen LogP contribution in [-0.2, 0) is 11.3 Å². The summed E-state index contributed by atoms with van der Waals surface area (Å²) in [5.74, 6) is -0.111. The molecule has 0 aliphatic rings. The molecular formula is C19H17NO2. The number of hydrogen-bond acceptors (Lipinski definition) is 2. The van der Waals surface area contributed by atoms with Crippen LogP contribution in [-0.4, -0.2) is 13.0 Å². The van der Waals surface area contributed by atoms with Crippen molar-refractivity contribution < 1.29 is 9.53 Å². The molecule has 1 amide bonds. The molecule has 0 atom stereocenters. The van der Waals surface area contributed by atoms with Crippen LogP contribution in [0, 0.1) is 0 Å². The first-order valence-electron chi connectivity index (χ1n) is 7.14. The molecule has 3 rings (SSSR count). The van der Waals surface area contributed by atoms with E-state index in [0.29, 0.717) is 12.2 Å². The van der Waals surface area contributed by atoms with E-state index in [9.17, 15) is 4.79 Å². The Labute approximate surface area is 129 Å². The number of rotatable bonds is 4. The van der Waals surface area contributed by atoms with Crippen molar-refractivity contribution in [2.24, 2.45) is 0 Å². The predicted molar refractivity (Wildman–Crippen MR) is 89.1 cm³/mol. The third-order valence-corrected chi connectivity index (χ3v) is 3.51. The Bertz CT molecular complexity index is 811. The van der Waals surface area contributed by atoms with Crippen LogP contribution in [0.15, 0.2) is 66.7 Å². The molecule has 0 bridgehead atoms. The number of hydrogen-bond donors (Lipinski definition) is 1. The number of benzene rings is 3. The molecule has 0 fully saturated rings. The van der Waals surface area contributed by atoms with Gasteiger partial charge in [0.1, 0.15) is 0 Å². The van der Waals surface area contributed by atoms with Gasteiger partial charge in [0.15, 0.2) is 0 Å². The highest BCUT2D eigenvalue weighted by molar-refractivity contribution is 6.06. The first-order valence-corrected chi connectivity index (χ1v) is 7.14. The van der Waals surface area contributed by atoms with Gasteiger partial charge in [-0.15, -0.1) is 0 Å². The lowest BCUT2D eigenvalue weighted by molar-refractivity contribution is 0.102. The number of nitrogens with one attached hydrogen (secondary N) is 1. The second-order valence-electron chi connectivity index (χ2n) is 5.15. The van der Waals surface area contributed by atoms with E-state index in [0.717, 1.165) is 22.0 Å². The SMILES string of the molecule is COCc1cccc(NC(=O)c2ccc3ccccc3c2)c1. The second kappa shape index (κ2) is 6.41. The number of carbonyl (C=O) groups is 1. The van der Waals surface area contributed by atoms with Crippen LogP contribution >= 0.6 is 0 Å². The second-order valence-corrected chi connectivity index (χ2v) is 5.15. The van der Waals surface area contributed by atoms with Gasteiger partial charge in [-0.3, -0.25) is 4.79 Å². The molecule has 110 valence electrons. The Balaban J connectivity index is 1.82. The molecule has 0 saturated heterocycles. The maximum Gasteiger partial charge on any atom is 0.255 e. The Morgan fingerprint density at radius 2 is 1.77 bits per heavy atom. The molecule has 3 aromatic rings. The summed E-state index contributed by atoms with van der Waals surface area (Å²) in [4.78, 5) is 12.4. The Hall–Kier alpha value is -2.65. The lowest BCUT2D eigenvalue weighted by Crippen LogP contribution is -2.11. The average Bonchev–Trinajstić information content (AvgIpc) is 2.55. The van der Waals surface area contributed by atoms with E-state index < -0.39 is 0 Å². The van der Waals surface area contributed by atoms with E-state index in [1.807, 2.05) is 66.7 Å². The van der Waals surface area contributed by atoms with Gasteiger partial charge in [0.2, 0.25) is 0 Å². The zero-order chi connectivity index (χ0) is 15.4. The van der Waals surface area contributed by atoms with Gasteiger partial charge in [-0.1, -0.05) is 42.5 Å². The van der Waals surface area contributed by atoms with E-state index in [1.54, 1.807) is 7.11 Å². The largest absolute Gasteiger partial charge is 0.380 e. The van der Waals surface area contributed by atoms with Crippen LogP contribution in [0.4, 0.5) is 5.69 Å². The van der Waals surface area contributed by atoms with Crippen molar-refractivity contribution >= 4 is 22.4 Å². The van der Waals surface area contributed by atoms with Gasteiger partial charge >= 0.3 is 0 Å². The molecule has 1 N–H and O–H groups in total. The lowest BCUT2D eigenvalue weighted by atomic mass is 10.1. The van der Waals surface area contributed by atoms with Gasteiger partial charge in [0.25, 0.3) is 5.91 Å². The number of amides is 1. The zero-order valence-corrected chi connectivity index (χ0v) is 12.4. The topological polar surface area (TPSA) is 38.3 Å². The van der Waals surface area contributed by atoms with Crippen LogP contribution in [0.5, 0.6) is 0 Å². The molecule has 3 nitrogen and oxygen atoms in total. The molecule has 0 saturated carbocycles. The van der Waals surface area contributed by atoms with E-state index >= 15 is 0 Å². The van der Waals surface area contributed by atoms with Gasteiger partial charge < -0.3 is 10.1 Å². The smallest absolute Gasteiger partial charge is 0.255 e. The minimum Gasteiger partial charge on any atom is -0.380 e. The first-order chi connectivity index (χ1) is 10.8. The normalized spacial score (nSPS) is 10.6. The predicted octanol–water partition coefficient (Wildman–Crippen LogP) is 4.24. The van der Waals surface area contributed by atoms with Crippen molar-refractivity contribution in [3.05, 3.63) is 77.9 Å². The average molecular weight is 291 g/mol. The summed E-state index contributed by atoms with van der Waals surface area (Å²) < 4.78 is 5.11. The third kappa shape index (κ3) is 3.15. The molecule has 0 heterocycles. The maximum absolute atomic E-state index is 12.4. The fourth-order valence-electron chi connectivity index (χ4n) is 2.44. The van der Waals surface area contributed by atoms with Crippen LogP contribution in [0.25, 0.3) is 10.8 Å². The highest BCUT2D eigenvalue weighted by atomic mass is 16.5. The molecule has 0 unspecified atom stereocenters. The monoisotopic (exact) mass is 291 g/mol. The lowest BCUT2D eigenvalue weighted by Gasteiger charge is -2.08. The number of methoxy groups -OCH3 is 1. The van der Waals surface area contributed by atoms with Gasteiger partial charge in [-0.2, -0.15) is 0 Å². The van der Waals surface area contributed by atoms with Crippen LogP contribution in [0.1, 0.15) is 15.9 Å². The number of ether oxygens (including phenoxy) is 1. The van der Waals surface area contributed by atoms with Crippen LogP contribution in [0.3, 0.4) is 0 Å². The third-order valence-electron chi connectivity index (χ3n) is 3.51. The quantitative estimate of drug-likeness (QED) is 0.781. The fraction of sp³-hybridized carbons (Fsp3) is 0.105. The summed E-state index contributed by atoms with van der Waals surface area (Å²) in [5.41, 5.74) is 2.45. The molecule has 0 aromatic heterocycles. The van der Waals surface area contributed by atoms with Gasteiger partial charge in [0, 0.05) is 18.4 Å². The van der Waals surface area contributed by atoms with Crippen molar-refractivity contribution in [3.8, 4) is 0 Å². The maximum atomic E-state index is 12.4. The fourth-order valence-corrected chi connectivity index (χ4v) is 2.44. The van der Waals surface area contributed by atoms with Crippen molar-refractivity contribution in [1.82, 2.24) is 0 Å². The summed E-state index contributed by atoms with van der Waals surface area (Å²) in [7, 11) is 1.65. The minimum absolute atomic E-state index is 0.111. The van der Waals surface area contributed by atoms with Gasteiger partial charge in [-0.05, 0) is 40.6 Å². The van der Waals surface area contributed by atoms with Crippen LogP contribution < -0.4 is 5.32 Å². The Kier molecular flexibility index (Phi) is 4.17. The Morgan fingerprint density at radius 1 is 0.955 bits per heavy atom. The summed E-state index contributed by atoms with van der Waals surface area (Å²) in [6.07, 6.45) is 0. The van der Waals surface area contributed by atoms with E-state index in [4.69, 9.17) is 4.74 Å². The molecule has 0 radical (unpaired) electrons. The highest BCUT2D eigenvalue weighted by Crippen LogP contribution is 2.17. The van der Waals surface area contributed by atoms with E-state index in [-0.39, 0.29) is 5.91 Å². The molecule has 22 heavy (non-hydrogen) atoms. The van der Waals surface area contributed by atoms with Crippen molar-refractivity contribution in [2.45, 2.75) is 6.61 Å². The number of fused-ring (bicyclic) bond motifs is 1. The minimum atomic E-state index is -0.111. The molecule has 0 spiro atoms. The van der Waals surface area contributed by atoms with E-state index in [2.05, 4.69) is 5.32 Å². The van der Waals surface area contributed by atoms with Crippen molar-refractivity contribution in [2.75, 3.05) is 12.4 Å². The molecule has 0 aliphatic carbocycles. The van der Waals surface area contributed by atoms with Crippen LogP contribution in [0.2, 0.25) is 0 Å². The molecule has 0 aliphatic heterocycles. The summed E-state index contributed by atoms with van der Waals surface area (Å²) in [6, 6.07) is 21.4. The number of anilines is 1.